The van der Waals surface area contributed by atoms with Gasteiger partial charge in [-0.1, -0.05) is 15.9 Å². The molecule has 2 nitrogen and oxygen atoms in total. The van der Waals surface area contributed by atoms with E-state index in [9.17, 15) is 9.50 Å². The van der Waals surface area contributed by atoms with Crippen molar-refractivity contribution in [2.45, 2.75) is 18.4 Å². The molecule has 0 saturated heterocycles. The van der Waals surface area contributed by atoms with E-state index in [1.807, 2.05) is 0 Å². The Morgan fingerprint density at radius 1 is 1.50 bits per heavy atom. The van der Waals surface area contributed by atoms with E-state index in [1.54, 1.807) is 6.07 Å². The van der Waals surface area contributed by atoms with Crippen molar-refractivity contribution >= 4 is 15.9 Å². The molecule has 2 unspecified atom stereocenters. The van der Waals surface area contributed by atoms with Gasteiger partial charge in [-0.3, -0.25) is 0 Å². The van der Waals surface area contributed by atoms with Crippen molar-refractivity contribution in [1.29, 1.82) is 0 Å². The SMILES string of the molecule is OCC1CC(O)c2cc(Br)cc(F)c21. The Bertz CT molecular complexity index is 367. The van der Waals surface area contributed by atoms with E-state index in [0.717, 1.165) is 0 Å². The summed E-state index contributed by atoms with van der Waals surface area (Å²) in [7, 11) is 0. The molecule has 0 aliphatic heterocycles. The van der Waals surface area contributed by atoms with Crippen molar-refractivity contribution in [3.05, 3.63) is 33.5 Å². The molecule has 2 N–H and O–H groups in total. The van der Waals surface area contributed by atoms with Gasteiger partial charge in [0.05, 0.1) is 12.7 Å². The van der Waals surface area contributed by atoms with Crippen LogP contribution in [0.5, 0.6) is 0 Å². The molecule has 1 aromatic carbocycles. The van der Waals surface area contributed by atoms with Gasteiger partial charge in [-0.15, -0.1) is 0 Å². The topological polar surface area (TPSA) is 40.5 Å². The van der Waals surface area contributed by atoms with Crippen LogP contribution in [0.3, 0.4) is 0 Å². The van der Waals surface area contributed by atoms with E-state index >= 15 is 0 Å². The van der Waals surface area contributed by atoms with Gasteiger partial charge in [0.1, 0.15) is 5.82 Å². The third-order valence-corrected chi connectivity index (χ3v) is 3.08. The summed E-state index contributed by atoms with van der Waals surface area (Å²) < 4.78 is 14.1. The van der Waals surface area contributed by atoms with E-state index in [1.165, 1.54) is 6.07 Å². The number of halogens is 2. The Balaban J connectivity index is 2.56. The van der Waals surface area contributed by atoms with Crippen LogP contribution in [0, 0.1) is 5.82 Å². The molecule has 0 aromatic heterocycles. The number of hydrogen-bond acceptors (Lipinski definition) is 2. The first kappa shape index (κ1) is 10.1. The molecular weight excluding hydrogens is 251 g/mol. The Labute approximate surface area is 89.5 Å². The van der Waals surface area contributed by atoms with Gasteiger partial charge in [-0.05, 0) is 29.7 Å². The highest BCUT2D eigenvalue weighted by Crippen LogP contribution is 2.42. The molecule has 0 bridgehead atoms. The fraction of sp³-hybridized carbons (Fsp3) is 0.400. The smallest absolute Gasteiger partial charge is 0.128 e. The molecule has 0 heterocycles. The van der Waals surface area contributed by atoms with E-state index in [-0.39, 0.29) is 18.3 Å². The summed E-state index contributed by atoms with van der Waals surface area (Å²) in [5, 5.41) is 18.7. The number of rotatable bonds is 1. The van der Waals surface area contributed by atoms with Crippen LogP contribution in [0.2, 0.25) is 0 Å². The monoisotopic (exact) mass is 260 g/mol. The number of aliphatic hydroxyl groups excluding tert-OH is 2. The average molecular weight is 261 g/mol. The normalized spacial score (nSPS) is 25.1. The number of aliphatic hydroxyl groups is 2. The predicted octanol–water partition coefficient (Wildman–Crippen LogP) is 2.10. The van der Waals surface area contributed by atoms with Gasteiger partial charge < -0.3 is 10.2 Å². The van der Waals surface area contributed by atoms with E-state index in [4.69, 9.17) is 5.11 Å². The second-order valence-corrected chi connectivity index (χ2v) is 4.44. The lowest BCUT2D eigenvalue weighted by Gasteiger charge is -2.08. The van der Waals surface area contributed by atoms with Crippen LogP contribution < -0.4 is 0 Å². The summed E-state index contributed by atoms with van der Waals surface area (Å²) in [6.45, 7) is -0.122. The molecule has 0 amide bonds. The van der Waals surface area contributed by atoms with Gasteiger partial charge in [0.25, 0.3) is 0 Å². The summed E-state index contributed by atoms with van der Waals surface area (Å²) in [4.78, 5) is 0. The fourth-order valence-corrected chi connectivity index (χ4v) is 2.44. The lowest BCUT2D eigenvalue weighted by Crippen LogP contribution is -2.01. The number of benzene rings is 1. The van der Waals surface area contributed by atoms with Crippen molar-refractivity contribution in [3.63, 3.8) is 0 Å². The maximum atomic E-state index is 13.5. The van der Waals surface area contributed by atoms with Crippen LogP contribution >= 0.6 is 15.9 Å². The first-order chi connectivity index (χ1) is 6.63. The Hall–Kier alpha value is -0.450. The van der Waals surface area contributed by atoms with Gasteiger partial charge in [0, 0.05) is 10.4 Å². The van der Waals surface area contributed by atoms with Crippen molar-refractivity contribution in [2.75, 3.05) is 6.61 Å². The van der Waals surface area contributed by atoms with Gasteiger partial charge in [0.2, 0.25) is 0 Å². The standard InChI is InChI=1S/C10H10BrFO2/c11-6-2-7-9(14)1-5(4-13)10(7)8(12)3-6/h2-3,5,9,13-14H,1,4H2. The van der Waals surface area contributed by atoms with Crippen molar-refractivity contribution in [1.82, 2.24) is 0 Å². The van der Waals surface area contributed by atoms with Crippen molar-refractivity contribution in [3.8, 4) is 0 Å². The first-order valence-electron chi connectivity index (χ1n) is 4.41. The Morgan fingerprint density at radius 2 is 2.21 bits per heavy atom. The molecule has 0 saturated carbocycles. The van der Waals surface area contributed by atoms with Crippen LogP contribution in [0.1, 0.15) is 29.6 Å². The highest BCUT2D eigenvalue weighted by atomic mass is 79.9. The summed E-state index contributed by atoms with van der Waals surface area (Å²) in [6, 6.07) is 3.07. The molecule has 2 atom stereocenters. The van der Waals surface area contributed by atoms with Crippen LogP contribution in [-0.2, 0) is 0 Å². The third kappa shape index (κ3) is 1.47. The zero-order valence-corrected chi connectivity index (χ0v) is 8.96. The lowest BCUT2D eigenvalue weighted by atomic mass is 10.0. The minimum Gasteiger partial charge on any atom is -0.396 e. The fourth-order valence-electron chi connectivity index (χ4n) is 1.99. The maximum absolute atomic E-state index is 13.5. The summed E-state index contributed by atoms with van der Waals surface area (Å²) in [5.74, 6) is -0.627. The Kier molecular flexibility index (Phi) is 2.60. The summed E-state index contributed by atoms with van der Waals surface area (Å²) in [6.07, 6.45) is -0.256. The minimum atomic E-state index is -0.658. The van der Waals surface area contributed by atoms with Crippen LogP contribution in [0.15, 0.2) is 16.6 Å². The molecular formula is C10H10BrFO2. The zero-order chi connectivity index (χ0) is 10.3. The highest BCUT2D eigenvalue weighted by molar-refractivity contribution is 9.10. The minimum absolute atomic E-state index is 0.122. The lowest BCUT2D eigenvalue weighted by molar-refractivity contribution is 0.158. The van der Waals surface area contributed by atoms with E-state index in [2.05, 4.69) is 15.9 Å². The molecule has 1 aliphatic carbocycles. The van der Waals surface area contributed by atoms with Gasteiger partial charge in [-0.25, -0.2) is 4.39 Å². The van der Waals surface area contributed by atoms with Gasteiger partial charge in [0.15, 0.2) is 0 Å². The molecule has 0 fully saturated rings. The zero-order valence-electron chi connectivity index (χ0n) is 7.37. The summed E-state index contributed by atoms with van der Waals surface area (Å²) >= 11 is 3.17. The third-order valence-electron chi connectivity index (χ3n) is 2.62. The van der Waals surface area contributed by atoms with Crippen molar-refractivity contribution in [2.24, 2.45) is 0 Å². The molecule has 1 aromatic rings. The highest BCUT2D eigenvalue weighted by Gasteiger charge is 2.32. The van der Waals surface area contributed by atoms with Crippen LogP contribution in [-0.4, -0.2) is 16.8 Å². The van der Waals surface area contributed by atoms with Gasteiger partial charge >= 0.3 is 0 Å². The number of hydrogen-bond donors (Lipinski definition) is 2. The second kappa shape index (κ2) is 3.61. The molecule has 76 valence electrons. The molecule has 4 heteroatoms. The molecule has 14 heavy (non-hydrogen) atoms. The Morgan fingerprint density at radius 3 is 2.86 bits per heavy atom. The molecule has 0 radical (unpaired) electrons. The predicted molar refractivity (Wildman–Crippen MR) is 53.5 cm³/mol. The molecule has 0 spiro atoms. The largest absolute Gasteiger partial charge is 0.396 e. The first-order valence-corrected chi connectivity index (χ1v) is 5.20. The second-order valence-electron chi connectivity index (χ2n) is 3.52. The van der Waals surface area contributed by atoms with E-state index < -0.39 is 6.10 Å². The van der Waals surface area contributed by atoms with Gasteiger partial charge in [-0.2, -0.15) is 0 Å². The molecule has 2 rings (SSSR count). The average Bonchev–Trinajstić information content (AvgIpc) is 2.43. The summed E-state index contributed by atoms with van der Waals surface area (Å²) in [5.41, 5.74) is 1.05. The molecule has 1 aliphatic rings. The quantitative estimate of drug-likeness (QED) is 0.812. The van der Waals surface area contributed by atoms with Crippen LogP contribution in [0.4, 0.5) is 4.39 Å². The van der Waals surface area contributed by atoms with Crippen LogP contribution in [0.25, 0.3) is 0 Å². The maximum Gasteiger partial charge on any atom is 0.128 e. The van der Waals surface area contributed by atoms with E-state index in [0.29, 0.717) is 22.0 Å². The van der Waals surface area contributed by atoms with Crippen molar-refractivity contribution < 1.29 is 14.6 Å². The number of fused-ring (bicyclic) bond motifs is 1.